The topological polar surface area (TPSA) is 72.9 Å². The molecule has 1 fully saturated rings. The van der Waals surface area contributed by atoms with E-state index < -0.39 is 11.9 Å². The predicted molar refractivity (Wildman–Crippen MR) is 60.4 cm³/mol. The lowest BCUT2D eigenvalue weighted by Crippen LogP contribution is -2.36. The molecule has 2 aliphatic heterocycles. The Labute approximate surface area is 105 Å². The molecule has 1 saturated heterocycles. The molecule has 6 heteroatoms. The van der Waals surface area contributed by atoms with Crippen LogP contribution in [-0.2, 0) is 23.9 Å². The van der Waals surface area contributed by atoms with E-state index in [1.165, 1.54) is 21.1 Å². The summed E-state index contributed by atoms with van der Waals surface area (Å²) in [7, 11) is 2.52. The van der Waals surface area contributed by atoms with Gasteiger partial charge in [-0.2, -0.15) is 0 Å². The van der Waals surface area contributed by atoms with Gasteiger partial charge < -0.3 is 14.4 Å². The minimum absolute atomic E-state index is 0.150. The van der Waals surface area contributed by atoms with Crippen LogP contribution < -0.4 is 0 Å². The first-order valence-electron chi connectivity index (χ1n) is 5.72. The van der Waals surface area contributed by atoms with Crippen molar-refractivity contribution in [3.8, 4) is 0 Å². The van der Waals surface area contributed by atoms with Crippen molar-refractivity contribution >= 4 is 17.8 Å². The van der Waals surface area contributed by atoms with E-state index in [1.807, 2.05) is 0 Å². The van der Waals surface area contributed by atoms with Crippen LogP contribution in [0.15, 0.2) is 11.1 Å². The largest absolute Gasteiger partial charge is 0.466 e. The Morgan fingerprint density at radius 1 is 1.00 bits per heavy atom. The highest BCUT2D eigenvalue weighted by Gasteiger charge is 2.52. The number of ether oxygens (including phenoxy) is 2. The van der Waals surface area contributed by atoms with Gasteiger partial charge in [-0.3, -0.25) is 4.79 Å². The molecule has 6 nitrogen and oxygen atoms in total. The van der Waals surface area contributed by atoms with Gasteiger partial charge in [0.1, 0.15) is 0 Å². The summed E-state index contributed by atoms with van der Waals surface area (Å²) in [5.74, 6) is -1.27. The first kappa shape index (κ1) is 12.6. The van der Waals surface area contributed by atoms with Gasteiger partial charge in [-0.25, -0.2) is 9.59 Å². The molecule has 0 aromatic heterocycles. The number of carbonyl (C=O) groups is 3. The summed E-state index contributed by atoms with van der Waals surface area (Å²) in [6.45, 7) is 1.43. The van der Waals surface area contributed by atoms with E-state index in [0.29, 0.717) is 12.8 Å². The van der Waals surface area contributed by atoms with Crippen molar-refractivity contribution in [2.24, 2.45) is 0 Å². The summed E-state index contributed by atoms with van der Waals surface area (Å²) in [6.07, 6.45) is 1.35. The molecule has 18 heavy (non-hydrogen) atoms. The summed E-state index contributed by atoms with van der Waals surface area (Å²) in [4.78, 5) is 36.7. The predicted octanol–water partition coefficient (Wildman–Crippen LogP) is 0.0221. The fraction of sp³-hybridized carbons (Fsp3) is 0.583. The lowest BCUT2D eigenvalue weighted by atomic mass is 9.92. The number of rotatable bonds is 2. The maximum atomic E-state index is 11.8. The molecule has 2 rings (SSSR count). The summed E-state index contributed by atoms with van der Waals surface area (Å²) in [5, 5.41) is 0. The molecule has 2 unspecified atom stereocenters. The summed E-state index contributed by atoms with van der Waals surface area (Å²) < 4.78 is 9.39. The van der Waals surface area contributed by atoms with Crippen molar-refractivity contribution < 1.29 is 23.9 Å². The van der Waals surface area contributed by atoms with Crippen LogP contribution in [0.25, 0.3) is 0 Å². The maximum Gasteiger partial charge on any atom is 0.336 e. The molecule has 2 bridgehead atoms. The first-order valence-corrected chi connectivity index (χ1v) is 5.72. The van der Waals surface area contributed by atoms with Crippen LogP contribution in [0.3, 0.4) is 0 Å². The monoisotopic (exact) mass is 253 g/mol. The number of fused-ring (bicyclic) bond motifs is 2. The molecular weight excluding hydrogens is 238 g/mol. The van der Waals surface area contributed by atoms with Crippen LogP contribution >= 0.6 is 0 Å². The van der Waals surface area contributed by atoms with Crippen molar-refractivity contribution in [3.63, 3.8) is 0 Å². The molecule has 0 spiro atoms. The van der Waals surface area contributed by atoms with Crippen molar-refractivity contribution in [1.29, 1.82) is 0 Å². The van der Waals surface area contributed by atoms with Gasteiger partial charge in [-0.05, 0) is 12.8 Å². The molecule has 0 radical (unpaired) electrons. The molecule has 98 valence electrons. The number of amides is 1. The molecule has 2 heterocycles. The zero-order valence-corrected chi connectivity index (χ0v) is 10.6. The van der Waals surface area contributed by atoms with E-state index in [0.717, 1.165) is 0 Å². The fourth-order valence-corrected chi connectivity index (χ4v) is 2.89. The van der Waals surface area contributed by atoms with Crippen LogP contribution in [0.1, 0.15) is 19.8 Å². The Kier molecular flexibility index (Phi) is 3.11. The van der Waals surface area contributed by atoms with E-state index in [4.69, 9.17) is 9.47 Å². The van der Waals surface area contributed by atoms with E-state index in [1.54, 1.807) is 4.90 Å². The number of carbonyl (C=O) groups excluding carboxylic acids is 3. The fourth-order valence-electron chi connectivity index (χ4n) is 2.89. The van der Waals surface area contributed by atoms with Gasteiger partial charge in [-0.1, -0.05) is 0 Å². The maximum absolute atomic E-state index is 11.8. The molecule has 0 aliphatic carbocycles. The zero-order valence-electron chi connectivity index (χ0n) is 10.6. The van der Waals surface area contributed by atoms with Crippen LogP contribution in [0, 0.1) is 0 Å². The molecule has 0 aromatic carbocycles. The van der Waals surface area contributed by atoms with E-state index in [-0.39, 0.29) is 29.1 Å². The minimum Gasteiger partial charge on any atom is -0.466 e. The third kappa shape index (κ3) is 1.60. The van der Waals surface area contributed by atoms with Crippen molar-refractivity contribution in [3.05, 3.63) is 11.1 Å². The number of nitrogens with zero attached hydrogens (tertiary/aromatic N) is 1. The Morgan fingerprint density at radius 2 is 1.39 bits per heavy atom. The van der Waals surface area contributed by atoms with Gasteiger partial charge in [0.15, 0.2) is 0 Å². The average molecular weight is 253 g/mol. The second kappa shape index (κ2) is 4.44. The lowest BCUT2D eigenvalue weighted by Gasteiger charge is -2.21. The van der Waals surface area contributed by atoms with E-state index >= 15 is 0 Å². The molecule has 1 amide bonds. The van der Waals surface area contributed by atoms with Crippen molar-refractivity contribution in [1.82, 2.24) is 4.90 Å². The minimum atomic E-state index is -0.561. The molecule has 0 saturated carbocycles. The van der Waals surface area contributed by atoms with Crippen LogP contribution in [0.2, 0.25) is 0 Å². The highest BCUT2D eigenvalue weighted by molar-refractivity contribution is 6.05. The Morgan fingerprint density at radius 3 is 1.67 bits per heavy atom. The Hall–Kier alpha value is -1.85. The van der Waals surface area contributed by atoms with Gasteiger partial charge >= 0.3 is 11.9 Å². The number of hydrogen-bond donors (Lipinski definition) is 0. The van der Waals surface area contributed by atoms with E-state index in [2.05, 4.69) is 0 Å². The molecule has 2 aliphatic rings. The van der Waals surface area contributed by atoms with Crippen LogP contribution in [-0.4, -0.2) is 49.0 Å². The van der Waals surface area contributed by atoms with Crippen molar-refractivity contribution in [2.75, 3.05) is 14.2 Å². The van der Waals surface area contributed by atoms with Gasteiger partial charge in [0.2, 0.25) is 5.91 Å². The van der Waals surface area contributed by atoms with E-state index in [9.17, 15) is 14.4 Å². The highest BCUT2D eigenvalue weighted by Crippen LogP contribution is 2.42. The van der Waals surface area contributed by atoms with Gasteiger partial charge in [-0.15, -0.1) is 0 Å². The van der Waals surface area contributed by atoms with Gasteiger partial charge in [0.25, 0.3) is 0 Å². The Balaban J connectivity index is 2.47. The lowest BCUT2D eigenvalue weighted by molar-refractivity contribution is -0.139. The third-order valence-electron chi connectivity index (χ3n) is 3.52. The van der Waals surface area contributed by atoms with Gasteiger partial charge in [0.05, 0.1) is 37.4 Å². The second-order valence-corrected chi connectivity index (χ2v) is 4.35. The average Bonchev–Trinajstić information content (AvgIpc) is 2.91. The zero-order chi connectivity index (χ0) is 13.4. The Bertz CT molecular complexity index is 419. The molecule has 0 aromatic rings. The third-order valence-corrected chi connectivity index (χ3v) is 3.52. The van der Waals surface area contributed by atoms with Crippen molar-refractivity contribution in [2.45, 2.75) is 31.8 Å². The second-order valence-electron chi connectivity index (χ2n) is 4.35. The SMILES string of the molecule is COC(=O)C1=C(C(=O)OC)C2CCC1N2C(C)=O. The molecule has 2 atom stereocenters. The summed E-state index contributed by atoms with van der Waals surface area (Å²) >= 11 is 0. The van der Waals surface area contributed by atoms with Gasteiger partial charge in [0, 0.05) is 6.92 Å². The highest BCUT2D eigenvalue weighted by atomic mass is 16.5. The van der Waals surface area contributed by atoms with Crippen LogP contribution in [0.4, 0.5) is 0 Å². The molecular formula is C12H15NO5. The number of esters is 2. The normalized spacial score (nSPS) is 25.4. The first-order chi connectivity index (χ1) is 8.52. The number of methoxy groups -OCH3 is 2. The summed E-state index contributed by atoms with van der Waals surface area (Å²) in [6, 6.07) is -0.705. The quantitative estimate of drug-likeness (QED) is 0.649. The standard InChI is InChI=1S/C12H15NO5/c1-6(14)13-7-4-5-8(13)10(12(16)18-3)9(7)11(15)17-2/h7-8H,4-5H2,1-3H3. The summed E-state index contributed by atoms with van der Waals surface area (Å²) in [5.41, 5.74) is 0.548. The number of hydrogen-bond acceptors (Lipinski definition) is 5. The molecule has 0 N–H and O–H groups in total. The van der Waals surface area contributed by atoms with Crippen LogP contribution in [0.5, 0.6) is 0 Å². The smallest absolute Gasteiger partial charge is 0.336 e.